The van der Waals surface area contributed by atoms with Crippen LogP contribution in [-0.4, -0.2) is 94.2 Å². The van der Waals surface area contributed by atoms with E-state index in [1.807, 2.05) is 34.6 Å². The summed E-state index contributed by atoms with van der Waals surface area (Å²) >= 11 is 1.55. The lowest BCUT2D eigenvalue weighted by Gasteiger charge is -2.46. The van der Waals surface area contributed by atoms with Crippen molar-refractivity contribution < 1.29 is 52.4 Å². The largest absolute Gasteiger partial charge is 0.511 e. The average Bonchev–Trinajstić information content (AvgIpc) is 3.36. The number of β-lactam (4-membered cyclic amide) rings is 1. The molecule has 0 radical (unpaired) electrons. The number of esters is 1. The number of nitrogens with zero attached hydrogens (tertiary/aromatic N) is 2. The number of halogens is 1. The fourth-order valence-corrected chi connectivity index (χ4v) is 9.25. The van der Waals surface area contributed by atoms with Gasteiger partial charge in [-0.05, 0) is 89.8 Å². The molecule has 0 bridgehead atoms. The Labute approximate surface area is 329 Å². The summed E-state index contributed by atoms with van der Waals surface area (Å²) in [4.78, 5) is 54.1. The van der Waals surface area contributed by atoms with Crippen LogP contribution in [0.5, 0.6) is 0 Å². The Balaban J connectivity index is 0.000000378. The minimum atomic E-state index is -1.20. The van der Waals surface area contributed by atoms with Crippen LogP contribution >= 0.6 is 11.8 Å². The highest BCUT2D eigenvalue weighted by molar-refractivity contribution is 8.03. The minimum Gasteiger partial charge on any atom is -0.432 e. The number of fused-ring (bicyclic) bond motifs is 1. The van der Waals surface area contributed by atoms with Gasteiger partial charge in [-0.3, -0.25) is 9.69 Å². The second-order valence-corrected chi connectivity index (χ2v) is 16.4. The SMILES string of the molecule is CC.CC(C)OC(=O)OC1CCCCC1.CC(OC(=O)OC1CCCCC1)OC(=O)C1=C(SC2CN(Cc3ccc(F)cc3)C2)C(C)[C@@H]2C(C(C)O)C(=O)N12. The van der Waals surface area contributed by atoms with E-state index in [0.29, 0.717) is 6.54 Å². The van der Waals surface area contributed by atoms with Crippen LogP contribution in [-0.2, 0) is 39.8 Å². The fourth-order valence-electron chi connectivity index (χ4n) is 7.68. The standard InChI is InChI=1S/C29H37FN2O7S.C10H18O3.C2H6/c1-16-24-23(17(2)33)27(34)32(24)25(28(35)37-18(3)38-29(36)39-21-7-5-4-6-8-21)26(16)40-22-14-31(15-22)13-19-9-11-20(30)12-10-19;1-8(2)12-10(11)13-9-6-4-3-5-7-9;1-2/h9-12,16-18,21-24,33H,4-8,13-15H2,1-3H3;8-9H,3-7H2,1-2H3;1-2H3/t16?,17?,18?,23?,24-;;/m1../s1. The third kappa shape index (κ3) is 12.3. The van der Waals surface area contributed by atoms with Gasteiger partial charge in [-0.15, -0.1) is 11.8 Å². The van der Waals surface area contributed by atoms with E-state index in [4.69, 9.17) is 23.7 Å². The summed E-state index contributed by atoms with van der Waals surface area (Å²) in [5, 5.41) is 10.4. The summed E-state index contributed by atoms with van der Waals surface area (Å²) in [6, 6.07) is 6.11. The zero-order valence-electron chi connectivity index (χ0n) is 33.5. The number of carbonyl (C=O) groups excluding carboxylic acids is 4. The van der Waals surface area contributed by atoms with Gasteiger partial charge in [-0.25, -0.2) is 18.8 Å². The molecule has 308 valence electrons. The van der Waals surface area contributed by atoms with Crippen molar-refractivity contribution in [3.8, 4) is 0 Å². The number of thioether (sulfide) groups is 1. The van der Waals surface area contributed by atoms with Crippen LogP contribution in [0.2, 0.25) is 0 Å². The Morgan fingerprint density at radius 1 is 0.836 bits per heavy atom. The van der Waals surface area contributed by atoms with Gasteiger partial charge in [0, 0.05) is 42.6 Å². The first kappa shape index (κ1) is 44.4. The highest BCUT2D eigenvalue weighted by Crippen LogP contribution is 2.52. The van der Waals surface area contributed by atoms with Crippen molar-refractivity contribution in [2.75, 3.05) is 13.1 Å². The van der Waals surface area contributed by atoms with Crippen molar-refractivity contribution >= 4 is 35.9 Å². The third-order valence-corrected chi connectivity index (χ3v) is 11.8. The molecule has 2 aliphatic carbocycles. The van der Waals surface area contributed by atoms with Crippen LogP contribution in [0, 0.1) is 17.7 Å². The van der Waals surface area contributed by atoms with Crippen LogP contribution in [0.4, 0.5) is 14.0 Å². The number of aliphatic hydroxyl groups excluding tert-OH is 1. The molecule has 2 saturated heterocycles. The molecule has 4 unspecified atom stereocenters. The molecule has 14 heteroatoms. The van der Waals surface area contributed by atoms with Gasteiger partial charge in [-0.1, -0.05) is 45.7 Å². The topological polar surface area (TPSA) is 141 Å². The molecule has 5 atom stereocenters. The second kappa shape index (κ2) is 21.2. The molecule has 3 heterocycles. The van der Waals surface area contributed by atoms with Crippen LogP contribution in [0.3, 0.4) is 0 Å². The van der Waals surface area contributed by atoms with E-state index in [1.165, 1.54) is 43.2 Å². The minimum absolute atomic E-state index is 0.0870. The number of rotatable bonds is 11. The van der Waals surface area contributed by atoms with E-state index in [9.17, 15) is 28.7 Å². The number of hydrogen-bond donors (Lipinski definition) is 1. The average molecular weight is 793 g/mol. The predicted octanol–water partition coefficient (Wildman–Crippen LogP) is 8.09. The highest BCUT2D eigenvalue weighted by atomic mass is 32.2. The number of aliphatic hydroxyl groups is 1. The smallest absolute Gasteiger partial charge is 0.432 e. The van der Waals surface area contributed by atoms with Crippen molar-refractivity contribution in [2.45, 2.75) is 161 Å². The molecule has 55 heavy (non-hydrogen) atoms. The van der Waals surface area contributed by atoms with Gasteiger partial charge in [0.05, 0.1) is 24.2 Å². The maximum Gasteiger partial charge on any atom is 0.511 e. The van der Waals surface area contributed by atoms with E-state index >= 15 is 0 Å². The molecular formula is C41H61FN2O10S. The Kier molecular flexibility index (Phi) is 17.1. The Hall–Kier alpha value is -3.36. The summed E-state index contributed by atoms with van der Waals surface area (Å²) in [5.41, 5.74) is 1.19. The molecule has 1 amide bonds. The Morgan fingerprint density at radius 2 is 1.36 bits per heavy atom. The van der Waals surface area contributed by atoms with Crippen molar-refractivity contribution in [3.63, 3.8) is 0 Å². The number of hydrogen-bond acceptors (Lipinski definition) is 12. The quantitative estimate of drug-likeness (QED) is 0.100. The lowest BCUT2D eigenvalue weighted by molar-refractivity contribution is -0.174. The summed E-state index contributed by atoms with van der Waals surface area (Å²) in [6.07, 6.45) is 6.68. The predicted molar refractivity (Wildman–Crippen MR) is 206 cm³/mol. The molecule has 1 aromatic rings. The van der Waals surface area contributed by atoms with E-state index in [2.05, 4.69) is 4.90 Å². The summed E-state index contributed by atoms with van der Waals surface area (Å²) < 4.78 is 39.3. The number of carbonyl (C=O) groups is 4. The van der Waals surface area contributed by atoms with Gasteiger partial charge in [0.1, 0.15) is 23.7 Å². The molecule has 1 N–H and O–H groups in total. The van der Waals surface area contributed by atoms with Crippen LogP contribution in [0.1, 0.15) is 118 Å². The molecule has 2 saturated carbocycles. The summed E-state index contributed by atoms with van der Waals surface area (Å²) in [6.45, 7) is 14.9. The van der Waals surface area contributed by atoms with Crippen molar-refractivity contribution in [1.82, 2.24) is 9.80 Å². The zero-order chi connectivity index (χ0) is 40.2. The zero-order valence-corrected chi connectivity index (χ0v) is 34.3. The highest BCUT2D eigenvalue weighted by Gasteiger charge is 2.60. The lowest BCUT2D eigenvalue weighted by atomic mass is 9.79. The first-order chi connectivity index (χ1) is 26.3. The van der Waals surface area contributed by atoms with Gasteiger partial charge < -0.3 is 33.7 Å². The summed E-state index contributed by atoms with van der Waals surface area (Å²) in [5.74, 6) is -2.08. The van der Waals surface area contributed by atoms with E-state index < -0.39 is 36.6 Å². The van der Waals surface area contributed by atoms with Crippen molar-refractivity contribution in [1.29, 1.82) is 0 Å². The van der Waals surface area contributed by atoms with E-state index in [1.54, 1.807) is 30.8 Å². The van der Waals surface area contributed by atoms with E-state index in [0.717, 1.165) is 68.5 Å². The number of benzene rings is 1. The van der Waals surface area contributed by atoms with Gasteiger partial charge in [0.25, 0.3) is 0 Å². The second-order valence-electron chi connectivity index (χ2n) is 15.0. The van der Waals surface area contributed by atoms with Crippen LogP contribution in [0.25, 0.3) is 0 Å². The molecule has 0 spiro atoms. The van der Waals surface area contributed by atoms with Gasteiger partial charge in [-0.2, -0.15) is 0 Å². The molecule has 0 aromatic heterocycles. The molecule has 1 aromatic carbocycles. The van der Waals surface area contributed by atoms with Crippen molar-refractivity contribution in [2.24, 2.45) is 11.8 Å². The summed E-state index contributed by atoms with van der Waals surface area (Å²) in [7, 11) is 0. The number of amides is 1. The maximum atomic E-state index is 13.4. The lowest BCUT2D eigenvalue weighted by Crippen LogP contribution is -2.63. The molecule has 5 aliphatic rings. The maximum absolute atomic E-state index is 13.4. The van der Waals surface area contributed by atoms with Gasteiger partial charge in [0.2, 0.25) is 12.2 Å². The van der Waals surface area contributed by atoms with Gasteiger partial charge >= 0.3 is 18.3 Å². The van der Waals surface area contributed by atoms with Gasteiger partial charge in [0.15, 0.2) is 0 Å². The molecule has 4 fully saturated rings. The molecule has 6 rings (SSSR count). The monoisotopic (exact) mass is 792 g/mol. The molecular weight excluding hydrogens is 732 g/mol. The Morgan fingerprint density at radius 3 is 1.87 bits per heavy atom. The van der Waals surface area contributed by atoms with E-state index in [-0.39, 0.29) is 52.9 Å². The molecule has 3 aliphatic heterocycles. The molecule has 12 nitrogen and oxygen atoms in total. The Bertz CT molecular complexity index is 1460. The first-order valence-corrected chi connectivity index (χ1v) is 21.0. The normalized spacial score (nSPS) is 24.1. The number of likely N-dealkylation sites (tertiary alicyclic amines) is 1. The first-order valence-electron chi connectivity index (χ1n) is 20.1. The third-order valence-electron chi connectivity index (χ3n) is 10.3. The van der Waals surface area contributed by atoms with Crippen molar-refractivity contribution in [3.05, 3.63) is 46.2 Å². The van der Waals surface area contributed by atoms with Crippen LogP contribution in [0.15, 0.2) is 34.9 Å². The fraction of sp³-hybridized carbons (Fsp3) is 0.707. The van der Waals surface area contributed by atoms with Crippen LogP contribution < -0.4 is 0 Å². The number of ether oxygens (including phenoxy) is 5.